The SMILES string of the molecule is CC(C)(CO)NC[C@H]1CN(S(=O)(=O)C2=CC=CCC2=S)CCN1c1ccc([C@@](C)(O)C(F)(F)F)cc1. The van der Waals surface area contributed by atoms with E-state index in [1.807, 2.05) is 4.90 Å². The van der Waals surface area contributed by atoms with Gasteiger partial charge < -0.3 is 20.4 Å². The summed E-state index contributed by atoms with van der Waals surface area (Å²) in [5, 5.41) is 22.9. The molecule has 0 saturated carbocycles. The van der Waals surface area contributed by atoms with Gasteiger partial charge in [0, 0.05) is 48.7 Å². The molecule has 1 aliphatic carbocycles. The number of aliphatic hydroxyl groups excluding tert-OH is 1. The summed E-state index contributed by atoms with van der Waals surface area (Å²) in [4.78, 5) is 2.38. The first-order valence-corrected chi connectivity index (χ1v) is 13.4. The lowest BCUT2D eigenvalue weighted by Crippen LogP contribution is -2.60. The van der Waals surface area contributed by atoms with Crippen molar-refractivity contribution in [1.29, 1.82) is 0 Å². The Bertz CT molecular complexity index is 1130. The fraction of sp³-hybridized carbons (Fsp3) is 0.542. The van der Waals surface area contributed by atoms with Crippen LogP contribution in [0.15, 0.2) is 47.4 Å². The molecular formula is C24H32F3N3O4S2. The summed E-state index contributed by atoms with van der Waals surface area (Å²) in [6.45, 7) is 5.05. The summed E-state index contributed by atoms with van der Waals surface area (Å²) < 4.78 is 67.9. The van der Waals surface area contributed by atoms with Crippen LogP contribution in [0.5, 0.6) is 0 Å². The van der Waals surface area contributed by atoms with Crippen LogP contribution in [-0.4, -0.2) is 78.3 Å². The summed E-state index contributed by atoms with van der Waals surface area (Å²) in [5.41, 5.74) is -3.31. The third kappa shape index (κ3) is 6.00. The van der Waals surface area contributed by atoms with Gasteiger partial charge in [-0.05, 0) is 44.5 Å². The smallest absolute Gasteiger partial charge is 0.394 e. The normalized spacial score (nSPS) is 21.9. The van der Waals surface area contributed by atoms with Crippen LogP contribution in [0.3, 0.4) is 0 Å². The van der Waals surface area contributed by atoms with E-state index in [4.69, 9.17) is 12.2 Å². The predicted octanol–water partition coefficient (Wildman–Crippen LogP) is 2.85. The fourth-order valence-electron chi connectivity index (χ4n) is 4.04. The van der Waals surface area contributed by atoms with Crippen LogP contribution in [-0.2, 0) is 15.6 Å². The van der Waals surface area contributed by atoms with E-state index in [1.165, 1.54) is 34.6 Å². The van der Waals surface area contributed by atoms with Gasteiger partial charge in [-0.2, -0.15) is 17.5 Å². The Morgan fingerprint density at radius 3 is 2.33 bits per heavy atom. The van der Waals surface area contributed by atoms with Crippen LogP contribution in [0, 0.1) is 0 Å². The van der Waals surface area contributed by atoms with E-state index in [1.54, 1.807) is 26.0 Å². The number of anilines is 1. The molecule has 0 radical (unpaired) electrons. The molecule has 0 bridgehead atoms. The average molecular weight is 548 g/mol. The molecule has 3 N–H and O–H groups in total. The average Bonchev–Trinajstić information content (AvgIpc) is 2.82. The van der Waals surface area contributed by atoms with Gasteiger partial charge in [-0.1, -0.05) is 36.5 Å². The fourth-order valence-corrected chi connectivity index (χ4v) is 6.11. The molecule has 36 heavy (non-hydrogen) atoms. The minimum Gasteiger partial charge on any atom is -0.394 e. The zero-order chi connectivity index (χ0) is 26.9. The summed E-state index contributed by atoms with van der Waals surface area (Å²) in [6.07, 6.45) is 0.507. The van der Waals surface area contributed by atoms with Gasteiger partial charge in [0.05, 0.1) is 17.6 Å². The molecule has 0 spiro atoms. The van der Waals surface area contributed by atoms with Crippen LogP contribution in [0.1, 0.15) is 32.8 Å². The summed E-state index contributed by atoms with van der Waals surface area (Å²) in [5.74, 6) is 0. The first kappa shape index (κ1) is 28.7. The highest BCUT2D eigenvalue weighted by Gasteiger charge is 2.51. The quantitative estimate of drug-likeness (QED) is 0.431. The molecular weight excluding hydrogens is 515 g/mol. The first-order chi connectivity index (χ1) is 16.6. The number of nitrogens with zero attached hydrogens (tertiary/aromatic N) is 2. The Hall–Kier alpha value is -1.83. The van der Waals surface area contributed by atoms with Crippen LogP contribution < -0.4 is 10.2 Å². The number of benzene rings is 1. The van der Waals surface area contributed by atoms with Crippen molar-refractivity contribution >= 4 is 32.8 Å². The third-order valence-corrected chi connectivity index (χ3v) is 9.02. The molecule has 12 heteroatoms. The minimum atomic E-state index is -4.83. The Balaban J connectivity index is 1.88. The molecule has 1 saturated heterocycles. The number of piperazine rings is 1. The Labute approximate surface area is 215 Å². The number of aliphatic hydroxyl groups is 2. The number of hydrogen-bond acceptors (Lipinski definition) is 7. The molecule has 0 aromatic heterocycles. The van der Waals surface area contributed by atoms with E-state index in [-0.39, 0.29) is 42.8 Å². The van der Waals surface area contributed by atoms with Gasteiger partial charge in [0.2, 0.25) is 10.0 Å². The zero-order valence-corrected chi connectivity index (χ0v) is 22.1. The van der Waals surface area contributed by atoms with E-state index >= 15 is 0 Å². The number of rotatable bonds is 8. The molecule has 1 aromatic rings. The van der Waals surface area contributed by atoms with Gasteiger partial charge in [0.1, 0.15) is 0 Å². The Kier molecular flexibility index (Phi) is 8.38. The largest absolute Gasteiger partial charge is 0.421 e. The molecule has 0 amide bonds. The predicted molar refractivity (Wildman–Crippen MR) is 137 cm³/mol. The molecule has 2 aliphatic rings. The number of hydrogen-bond donors (Lipinski definition) is 3. The maximum absolute atomic E-state index is 13.4. The van der Waals surface area contributed by atoms with Gasteiger partial charge in [-0.25, -0.2) is 8.42 Å². The van der Waals surface area contributed by atoms with Crippen LogP contribution in [0.2, 0.25) is 0 Å². The second kappa shape index (κ2) is 10.5. The van der Waals surface area contributed by atoms with Crippen molar-refractivity contribution in [3.05, 3.63) is 53.0 Å². The van der Waals surface area contributed by atoms with Gasteiger partial charge in [-0.3, -0.25) is 0 Å². The summed E-state index contributed by atoms with van der Waals surface area (Å²) in [7, 11) is -3.83. The van der Waals surface area contributed by atoms with Gasteiger partial charge in [0.15, 0.2) is 5.60 Å². The van der Waals surface area contributed by atoms with E-state index in [0.29, 0.717) is 30.4 Å². The minimum absolute atomic E-state index is 0.106. The molecule has 2 atom stereocenters. The second-order valence-electron chi connectivity index (χ2n) is 9.84. The van der Waals surface area contributed by atoms with Gasteiger partial charge >= 0.3 is 6.18 Å². The third-order valence-electron chi connectivity index (χ3n) is 6.55. The standard InChI is InChI=1S/C24H32F3N3O4S2/c1-22(2,16-31)28-14-19-15-29(36(33,34)21-7-5-4-6-20(21)35)12-13-30(19)18-10-8-17(9-11-18)23(3,32)24(25,26)27/h4-5,7-11,19,28,31-32H,6,12-16H2,1-3H3/t19-,23+/m0/s1. The van der Waals surface area contributed by atoms with E-state index in [2.05, 4.69) is 5.32 Å². The first-order valence-electron chi connectivity index (χ1n) is 11.5. The molecule has 0 unspecified atom stereocenters. The molecule has 200 valence electrons. The number of sulfonamides is 1. The van der Waals surface area contributed by atoms with Crippen molar-refractivity contribution in [2.75, 3.05) is 37.7 Å². The van der Waals surface area contributed by atoms with Crippen molar-refractivity contribution in [3.63, 3.8) is 0 Å². The topological polar surface area (TPSA) is 93.1 Å². The highest BCUT2D eigenvalue weighted by atomic mass is 32.2. The van der Waals surface area contributed by atoms with Crippen molar-refractivity contribution in [2.45, 2.75) is 50.6 Å². The van der Waals surface area contributed by atoms with Gasteiger partial charge in [0.25, 0.3) is 0 Å². The zero-order valence-electron chi connectivity index (χ0n) is 20.4. The summed E-state index contributed by atoms with van der Waals surface area (Å²) >= 11 is 5.28. The Morgan fingerprint density at radius 2 is 1.78 bits per heavy atom. The monoisotopic (exact) mass is 547 g/mol. The van der Waals surface area contributed by atoms with Crippen molar-refractivity contribution in [1.82, 2.24) is 9.62 Å². The van der Waals surface area contributed by atoms with Gasteiger partial charge in [-0.15, -0.1) is 0 Å². The Morgan fingerprint density at radius 1 is 1.14 bits per heavy atom. The lowest BCUT2D eigenvalue weighted by Gasteiger charge is -2.43. The van der Waals surface area contributed by atoms with Crippen molar-refractivity contribution in [2.24, 2.45) is 0 Å². The van der Waals surface area contributed by atoms with Crippen LogP contribution in [0.25, 0.3) is 0 Å². The van der Waals surface area contributed by atoms with E-state index in [0.717, 1.165) is 0 Å². The highest BCUT2D eigenvalue weighted by molar-refractivity contribution is 7.96. The van der Waals surface area contributed by atoms with Crippen LogP contribution >= 0.6 is 12.2 Å². The maximum atomic E-state index is 13.4. The second-order valence-corrected chi connectivity index (χ2v) is 12.2. The highest BCUT2D eigenvalue weighted by Crippen LogP contribution is 2.39. The van der Waals surface area contributed by atoms with E-state index < -0.39 is 27.3 Å². The summed E-state index contributed by atoms with van der Waals surface area (Å²) in [6, 6.07) is 5.06. The molecule has 3 rings (SSSR count). The maximum Gasteiger partial charge on any atom is 0.421 e. The number of nitrogens with one attached hydrogen (secondary N) is 1. The lowest BCUT2D eigenvalue weighted by atomic mass is 9.95. The molecule has 1 aromatic carbocycles. The lowest BCUT2D eigenvalue weighted by molar-refractivity contribution is -0.258. The van der Waals surface area contributed by atoms with E-state index in [9.17, 15) is 31.8 Å². The molecule has 1 aliphatic heterocycles. The number of alkyl halides is 3. The molecule has 1 fully saturated rings. The van der Waals surface area contributed by atoms with Crippen molar-refractivity contribution in [3.8, 4) is 0 Å². The number of allylic oxidation sites excluding steroid dienone is 4. The molecule has 7 nitrogen and oxygen atoms in total. The molecule has 1 heterocycles. The van der Waals surface area contributed by atoms with Crippen LogP contribution in [0.4, 0.5) is 18.9 Å². The number of halogens is 3. The van der Waals surface area contributed by atoms with Crippen molar-refractivity contribution < 1.29 is 31.8 Å². The number of thiocarbonyl (C=S) groups is 1.